The van der Waals surface area contributed by atoms with E-state index in [0.717, 1.165) is 50.4 Å². The van der Waals surface area contributed by atoms with Crippen molar-refractivity contribution >= 4 is 63.5 Å². The molecule has 2 heterocycles. The molecule has 0 saturated carbocycles. The number of carbonyl (C=O) groups is 3. The van der Waals surface area contributed by atoms with Gasteiger partial charge in [-0.15, -0.1) is 11.6 Å². The topological polar surface area (TPSA) is 88.2 Å². The zero-order valence-electron chi connectivity index (χ0n) is 23.3. The normalized spacial score (nSPS) is 19.6. The highest BCUT2D eigenvalue weighted by Gasteiger charge is 2.29. The van der Waals surface area contributed by atoms with Gasteiger partial charge >= 0.3 is 0 Å². The smallest absolute Gasteiger partial charge is 0.269 e. The average molecular weight is 590 g/mol. The molecule has 2 aromatic carbocycles. The number of rotatable bonds is 11. The Morgan fingerprint density at radius 2 is 1.48 bits per heavy atom. The van der Waals surface area contributed by atoms with Crippen LogP contribution in [0.1, 0.15) is 19.8 Å². The van der Waals surface area contributed by atoms with Gasteiger partial charge in [0.05, 0.1) is 6.54 Å². The van der Waals surface area contributed by atoms with E-state index in [4.69, 9.17) is 23.2 Å². The summed E-state index contributed by atoms with van der Waals surface area (Å²) >= 11 is 12.0. The number of benzene rings is 2. The van der Waals surface area contributed by atoms with Crippen LogP contribution in [-0.4, -0.2) is 92.8 Å². The Morgan fingerprint density at radius 1 is 0.925 bits per heavy atom. The van der Waals surface area contributed by atoms with Gasteiger partial charge in [-0.1, -0.05) is 11.6 Å². The lowest BCUT2D eigenvalue weighted by molar-refractivity contribution is -0.124. The minimum absolute atomic E-state index is 0.124. The van der Waals surface area contributed by atoms with Crippen LogP contribution < -0.4 is 25.3 Å². The lowest BCUT2D eigenvalue weighted by Crippen LogP contribution is -2.44. The SMILES string of the molecule is CC(=O)CNC1CCN(c2ccc(N(C(=O)C(Cl)NC(=O)CCl)c3ccc(N4CCC(N(C)C)C4)cc3)cc2)C1. The minimum Gasteiger partial charge on any atom is -0.370 e. The van der Waals surface area contributed by atoms with Crippen molar-refractivity contribution in [1.29, 1.82) is 0 Å². The number of Topliss-reactive ketones (excluding diaryl/α,β-unsaturated/α-hetero) is 1. The summed E-state index contributed by atoms with van der Waals surface area (Å²) in [4.78, 5) is 45.1. The van der Waals surface area contributed by atoms with Crippen LogP contribution in [0.15, 0.2) is 48.5 Å². The number of amides is 2. The van der Waals surface area contributed by atoms with Crippen LogP contribution in [-0.2, 0) is 14.4 Å². The van der Waals surface area contributed by atoms with Crippen molar-refractivity contribution < 1.29 is 14.4 Å². The lowest BCUT2D eigenvalue weighted by Gasteiger charge is -2.27. The quantitative estimate of drug-likeness (QED) is 0.308. The van der Waals surface area contributed by atoms with Crippen LogP contribution >= 0.6 is 23.2 Å². The molecule has 2 amide bonds. The van der Waals surface area contributed by atoms with E-state index in [2.05, 4.69) is 39.4 Å². The minimum atomic E-state index is -1.28. The molecule has 3 atom stereocenters. The third kappa shape index (κ3) is 7.46. The van der Waals surface area contributed by atoms with Crippen LogP contribution in [0.2, 0.25) is 0 Å². The fraction of sp³-hybridized carbons (Fsp3) is 0.483. The van der Waals surface area contributed by atoms with Crippen molar-refractivity contribution in [2.24, 2.45) is 0 Å². The first kappa shape index (κ1) is 30.1. The third-order valence-electron chi connectivity index (χ3n) is 7.51. The number of halogens is 2. The van der Waals surface area contributed by atoms with E-state index in [9.17, 15) is 14.4 Å². The number of hydrogen-bond donors (Lipinski definition) is 2. The number of nitrogens with zero attached hydrogens (tertiary/aromatic N) is 4. The molecule has 0 aliphatic carbocycles. The number of alkyl halides is 2. The summed E-state index contributed by atoms with van der Waals surface area (Å²) in [6, 6.07) is 16.3. The summed E-state index contributed by atoms with van der Waals surface area (Å²) in [5.41, 5.74) is 2.12. The van der Waals surface area contributed by atoms with E-state index >= 15 is 0 Å². The van der Waals surface area contributed by atoms with Gasteiger partial charge in [0.25, 0.3) is 5.91 Å². The first-order valence-electron chi connectivity index (χ1n) is 13.6. The predicted molar refractivity (Wildman–Crippen MR) is 162 cm³/mol. The lowest BCUT2D eigenvalue weighted by atomic mass is 10.2. The van der Waals surface area contributed by atoms with Crippen LogP contribution in [0.5, 0.6) is 0 Å². The number of likely N-dealkylation sites (N-methyl/N-ethyl adjacent to an activating group) is 1. The molecule has 3 unspecified atom stereocenters. The average Bonchev–Trinajstić information content (AvgIpc) is 3.63. The van der Waals surface area contributed by atoms with Gasteiger partial charge in [-0.05, 0) is 82.4 Å². The summed E-state index contributed by atoms with van der Waals surface area (Å²) in [5, 5.41) is 5.76. The molecular formula is C29H38Cl2N6O3. The number of hydrogen-bond acceptors (Lipinski definition) is 7. The molecule has 2 fully saturated rings. The molecule has 216 valence electrons. The van der Waals surface area contributed by atoms with Crippen molar-refractivity contribution in [2.75, 3.05) is 67.4 Å². The van der Waals surface area contributed by atoms with Crippen molar-refractivity contribution in [3.8, 4) is 0 Å². The van der Waals surface area contributed by atoms with Crippen molar-refractivity contribution in [2.45, 2.75) is 37.4 Å². The van der Waals surface area contributed by atoms with Crippen LogP contribution in [0.3, 0.4) is 0 Å². The summed E-state index contributed by atoms with van der Waals surface area (Å²) < 4.78 is 0. The van der Waals surface area contributed by atoms with E-state index in [-0.39, 0.29) is 17.7 Å². The largest absolute Gasteiger partial charge is 0.370 e. The van der Waals surface area contributed by atoms with Gasteiger partial charge in [-0.2, -0.15) is 0 Å². The number of anilines is 4. The number of carbonyl (C=O) groups excluding carboxylic acids is 3. The summed E-state index contributed by atoms with van der Waals surface area (Å²) in [7, 11) is 4.20. The molecule has 2 aliphatic heterocycles. The molecular weight excluding hydrogens is 551 g/mol. The van der Waals surface area contributed by atoms with Crippen molar-refractivity contribution in [3.63, 3.8) is 0 Å². The molecule has 9 nitrogen and oxygen atoms in total. The maximum Gasteiger partial charge on any atom is 0.269 e. The highest BCUT2D eigenvalue weighted by Crippen LogP contribution is 2.32. The summed E-state index contributed by atoms with van der Waals surface area (Å²) in [6.45, 7) is 5.56. The van der Waals surface area contributed by atoms with Gasteiger partial charge < -0.3 is 25.3 Å². The molecule has 0 bridgehead atoms. The summed E-state index contributed by atoms with van der Waals surface area (Å²) in [6.07, 6.45) is 2.05. The molecule has 2 aromatic rings. The highest BCUT2D eigenvalue weighted by molar-refractivity contribution is 6.35. The van der Waals surface area contributed by atoms with Crippen LogP contribution in [0, 0.1) is 0 Å². The molecule has 0 spiro atoms. The molecule has 2 N–H and O–H groups in total. The van der Waals surface area contributed by atoms with Crippen molar-refractivity contribution in [1.82, 2.24) is 15.5 Å². The Bertz CT molecular complexity index is 1180. The molecule has 4 rings (SSSR count). The Kier molecular flexibility index (Phi) is 10.3. The van der Waals surface area contributed by atoms with E-state index in [0.29, 0.717) is 24.0 Å². The van der Waals surface area contributed by atoms with E-state index in [1.807, 2.05) is 48.5 Å². The van der Waals surface area contributed by atoms with Crippen LogP contribution in [0.4, 0.5) is 22.7 Å². The molecule has 0 aromatic heterocycles. The first-order valence-corrected chi connectivity index (χ1v) is 14.6. The molecule has 40 heavy (non-hydrogen) atoms. The maximum absolute atomic E-state index is 13.5. The Labute approximate surface area is 246 Å². The van der Waals surface area contributed by atoms with Gasteiger partial charge in [0, 0.05) is 61.0 Å². The Balaban J connectivity index is 1.53. The van der Waals surface area contributed by atoms with Gasteiger partial charge in [-0.3, -0.25) is 19.3 Å². The summed E-state index contributed by atoms with van der Waals surface area (Å²) in [5.74, 6) is -1.17. The van der Waals surface area contributed by atoms with Gasteiger partial charge in [0.2, 0.25) is 5.91 Å². The second-order valence-electron chi connectivity index (χ2n) is 10.6. The number of nitrogens with one attached hydrogen (secondary N) is 2. The Morgan fingerprint density at radius 3 is 1.98 bits per heavy atom. The fourth-order valence-corrected chi connectivity index (χ4v) is 5.53. The predicted octanol–water partition coefficient (Wildman–Crippen LogP) is 3.17. The molecule has 2 aliphatic rings. The van der Waals surface area contributed by atoms with Crippen LogP contribution in [0.25, 0.3) is 0 Å². The zero-order valence-corrected chi connectivity index (χ0v) is 24.8. The van der Waals surface area contributed by atoms with E-state index in [1.54, 1.807) is 6.92 Å². The standard InChI is InChI=1S/C29H38Cl2N6O3/c1-20(38)17-32-21-12-14-35(18-21)22-4-8-24(9-5-22)37(29(40)28(31)33-27(39)16-30)25-10-6-23(7-11-25)36-15-13-26(19-36)34(2)3/h4-11,21,26,28,32H,12-19H2,1-3H3,(H,33,39). The molecule has 11 heteroatoms. The molecule has 0 radical (unpaired) electrons. The highest BCUT2D eigenvalue weighted by atomic mass is 35.5. The fourth-order valence-electron chi connectivity index (χ4n) is 5.23. The van der Waals surface area contributed by atoms with E-state index < -0.39 is 17.3 Å². The van der Waals surface area contributed by atoms with Gasteiger partial charge in [0.1, 0.15) is 11.7 Å². The maximum atomic E-state index is 13.5. The molecule has 2 saturated heterocycles. The van der Waals surface area contributed by atoms with E-state index in [1.165, 1.54) is 4.90 Å². The van der Waals surface area contributed by atoms with Crippen molar-refractivity contribution in [3.05, 3.63) is 48.5 Å². The second kappa shape index (κ2) is 13.7. The number of ketones is 1. The van der Waals surface area contributed by atoms with Gasteiger partial charge in [-0.25, -0.2) is 0 Å². The second-order valence-corrected chi connectivity index (χ2v) is 11.3. The Hall–Kier alpha value is -2.85. The van der Waals surface area contributed by atoms with Gasteiger partial charge in [0.15, 0.2) is 5.50 Å². The third-order valence-corrected chi connectivity index (χ3v) is 8.05. The first-order chi connectivity index (χ1) is 19.2. The monoisotopic (exact) mass is 588 g/mol. The zero-order chi connectivity index (χ0) is 28.8.